The Bertz CT molecular complexity index is 983. The predicted molar refractivity (Wildman–Crippen MR) is 133 cm³/mol. The summed E-state index contributed by atoms with van der Waals surface area (Å²) in [5, 5.41) is 4.08. The quantitative estimate of drug-likeness (QED) is 0.446. The van der Waals surface area contributed by atoms with E-state index in [0.717, 1.165) is 45.8 Å². The number of nitrogens with one attached hydrogen (secondary N) is 1. The lowest BCUT2D eigenvalue weighted by Gasteiger charge is -2.26. The standard InChI is InChI=1S/C25H36N4O3S/c1-19(23(30)26-18-20-8-3-2-4-9-20)33-25-27-22-11-6-5-10-21(22)24(31)29(25)13-7-12-28-14-16-32-17-15-28/h5-6,10-11,19-20H,2-4,7-9,12-18H2,1H3,(H,26,30). The van der Waals surface area contributed by atoms with Gasteiger partial charge in [-0.25, -0.2) is 4.98 Å². The first-order chi connectivity index (χ1) is 16.1. The molecule has 2 aliphatic rings. The highest BCUT2D eigenvalue weighted by molar-refractivity contribution is 8.00. The van der Waals surface area contributed by atoms with Crippen LogP contribution in [0, 0.1) is 5.92 Å². The van der Waals surface area contributed by atoms with Crippen molar-refractivity contribution < 1.29 is 9.53 Å². The highest BCUT2D eigenvalue weighted by Crippen LogP contribution is 2.25. The van der Waals surface area contributed by atoms with Crippen LogP contribution in [-0.2, 0) is 16.1 Å². The third-order valence-corrected chi connectivity index (χ3v) is 7.82. The van der Waals surface area contributed by atoms with Gasteiger partial charge in [0.15, 0.2) is 5.16 Å². The average molecular weight is 473 g/mol. The van der Waals surface area contributed by atoms with Crippen molar-refractivity contribution in [1.29, 1.82) is 0 Å². The Hall–Kier alpha value is -1.90. The Morgan fingerprint density at radius 3 is 2.73 bits per heavy atom. The third kappa shape index (κ3) is 6.58. The van der Waals surface area contributed by atoms with Crippen LogP contribution in [0.3, 0.4) is 0 Å². The number of ether oxygens (including phenoxy) is 1. The Balaban J connectivity index is 1.44. The second-order valence-electron chi connectivity index (χ2n) is 9.19. The van der Waals surface area contributed by atoms with Gasteiger partial charge in [0.2, 0.25) is 5.91 Å². The van der Waals surface area contributed by atoms with E-state index in [-0.39, 0.29) is 16.7 Å². The van der Waals surface area contributed by atoms with Crippen molar-refractivity contribution in [2.75, 3.05) is 39.4 Å². The number of nitrogens with zero attached hydrogens (tertiary/aromatic N) is 3. The minimum Gasteiger partial charge on any atom is -0.379 e. The monoisotopic (exact) mass is 472 g/mol. The molecule has 1 saturated carbocycles. The summed E-state index contributed by atoms with van der Waals surface area (Å²) in [5.41, 5.74) is 0.657. The summed E-state index contributed by atoms with van der Waals surface area (Å²) in [7, 11) is 0. The zero-order valence-electron chi connectivity index (χ0n) is 19.6. The molecule has 0 bridgehead atoms. The molecule has 0 radical (unpaired) electrons. The third-order valence-electron chi connectivity index (χ3n) is 6.73. The van der Waals surface area contributed by atoms with Gasteiger partial charge >= 0.3 is 0 Å². The molecule has 1 unspecified atom stereocenters. The Kier molecular flexibility index (Phi) is 8.81. The van der Waals surface area contributed by atoms with Crippen molar-refractivity contribution in [3.63, 3.8) is 0 Å². The molecule has 1 aliphatic carbocycles. The molecule has 2 fully saturated rings. The van der Waals surface area contributed by atoms with Crippen molar-refractivity contribution in [1.82, 2.24) is 19.8 Å². The second-order valence-corrected chi connectivity index (χ2v) is 10.5. The van der Waals surface area contributed by atoms with E-state index in [1.807, 2.05) is 31.2 Å². The van der Waals surface area contributed by atoms with Gasteiger partial charge in [-0.05, 0) is 44.2 Å². The Morgan fingerprint density at radius 1 is 1.18 bits per heavy atom. The van der Waals surface area contributed by atoms with Crippen LogP contribution in [-0.4, -0.2) is 65.0 Å². The fraction of sp³-hybridized carbons (Fsp3) is 0.640. The first-order valence-electron chi connectivity index (χ1n) is 12.4. The fourth-order valence-electron chi connectivity index (χ4n) is 4.70. The van der Waals surface area contributed by atoms with Gasteiger partial charge in [-0.3, -0.25) is 19.1 Å². The minimum absolute atomic E-state index is 0.0212. The number of carbonyl (C=O) groups excluding carboxylic acids is 1. The summed E-state index contributed by atoms with van der Waals surface area (Å²) >= 11 is 1.39. The molecule has 0 spiro atoms. The zero-order chi connectivity index (χ0) is 23.0. The highest BCUT2D eigenvalue weighted by atomic mass is 32.2. The highest BCUT2D eigenvalue weighted by Gasteiger charge is 2.21. The lowest BCUT2D eigenvalue weighted by atomic mass is 9.89. The molecule has 1 aromatic carbocycles. The van der Waals surface area contributed by atoms with Gasteiger partial charge in [-0.2, -0.15) is 0 Å². The maximum atomic E-state index is 13.3. The van der Waals surface area contributed by atoms with E-state index in [1.54, 1.807) is 4.57 Å². The van der Waals surface area contributed by atoms with E-state index in [0.29, 0.717) is 28.5 Å². The van der Waals surface area contributed by atoms with Crippen molar-refractivity contribution in [2.24, 2.45) is 5.92 Å². The number of fused-ring (bicyclic) bond motifs is 1. The summed E-state index contributed by atoms with van der Waals surface area (Å²) in [6, 6.07) is 7.47. The number of rotatable bonds is 9. The lowest BCUT2D eigenvalue weighted by molar-refractivity contribution is -0.120. The SMILES string of the molecule is CC(Sc1nc2ccccc2c(=O)n1CCCN1CCOCC1)C(=O)NCC1CCCCC1. The van der Waals surface area contributed by atoms with Crippen molar-refractivity contribution in [2.45, 2.75) is 62.4 Å². The van der Waals surface area contributed by atoms with Crippen LogP contribution in [0.2, 0.25) is 0 Å². The molecular formula is C25H36N4O3S. The first-order valence-corrected chi connectivity index (χ1v) is 13.2. The molecule has 1 aliphatic heterocycles. The molecule has 8 heteroatoms. The van der Waals surface area contributed by atoms with E-state index in [1.165, 1.54) is 43.9 Å². The molecular weight excluding hydrogens is 436 g/mol. The van der Waals surface area contributed by atoms with Gasteiger partial charge in [0, 0.05) is 32.7 Å². The Morgan fingerprint density at radius 2 is 1.94 bits per heavy atom. The maximum Gasteiger partial charge on any atom is 0.262 e. The topological polar surface area (TPSA) is 76.5 Å². The molecule has 33 heavy (non-hydrogen) atoms. The van der Waals surface area contributed by atoms with E-state index in [4.69, 9.17) is 9.72 Å². The summed E-state index contributed by atoms with van der Waals surface area (Å²) in [6.45, 7) is 7.58. The van der Waals surface area contributed by atoms with Gasteiger partial charge < -0.3 is 10.1 Å². The Labute approximate surface area is 200 Å². The number of benzene rings is 1. The number of para-hydroxylation sites is 1. The number of amides is 1. The van der Waals surface area contributed by atoms with Crippen LogP contribution in [0.15, 0.2) is 34.2 Å². The van der Waals surface area contributed by atoms with Crippen molar-refractivity contribution in [3.05, 3.63) is 34.6 Å². The van der Waals surface area contributed by atoms with Gasteiger partial charge in [0.25, 0.3) is 5.56 Å². The number of thioether (sulfide) groups is 1. The fourth-order valence-corrected chi connectivity index (χ4v) is 5.66. The van der Waals surface area contributed by atoms with Crippen molar-refractivity contribution >= 4 is 28.6 Å². The van der Waals surface area contributed by atoms with Gasteiger partial charge in [0.1, 0.15) is 0 Å². The van der Waals surface area contributed by atoms with Crippen LogP contribution >= 0.6 is 11.8 Å². The van der Waals surface area contributed by atoms with E-state index in [9.17, 15) is 9.59 Å². The summed E-state index contributed by atoms with van der Waals surface area (Å²) < 4.78 is 7.19. The summed E-state index contributed by atoms with van der Waals surface area (Å²) in [4.78, 5) is 33.3. The minimum atomic E-state index is -0.313. The zero-order valence-corrected chi connectivity index (χ0v) is 20.4. The molecule has 7 nitrogen and oxygen atoms in total. The van der Waals surface area contributed by atoms with Crippen LogP contribution in [0.5, 0.6) is 0 Å². The van der Waals surface area contributed by atoms with Gasteiger partial charge in [-0.15, -0.1) is 0 Å². The molecule has 1 aromatic heterocycles. The largest absolute Gasteiger partial charge is 0.379 e. The molecule has 1 atom stereocenters. The van der Waals surface area contributed by atoms with Crippen LogP contribution in [0.25, 0.3) is 10.9 Å². The number of hydrogen-bond donors (Lipinski definition) is 1. The van der Waals surface area contributed by atoms with Gasteiger partial charge in [0.05, 0.1) is 29.4 Å². The molecule has 4 rings (SSSR count). The first kappa shape index (κ1) is 24.2. The van der Waals surface area contributed by atoms with E-state index >= 15 is 0 Å². The van der Waals surface area contributed by atoms with Gasteiger partial charge in [-0.1, -0.05) is 43.2 Å². The van der Waals surface area contributed by atoms with E-state index < -0.39 is 0 Å². The molecule has 2 aromatic rings. The number of morpholine rings is 1. The molecule has 1 saturated heterocycles. The lowest BCUT2D eigenvalue weighted by Crippen LogP contribution is -2.37. The van der Waals surface area contributed by atoms with Crippen LogP contribution in [0.1, 0.15) is 45.4 Å². The molecule has 2 heterocycles. The van der Waals surface area contributed by atoms with Crippen molar-refractivity contribution in [3.8, 4) is 0 Å². The molecule has 180 valence electrons. The predicted octanol–water partition coefficient (Wildman–Crippen LogP) is 3.30. The number of aromatic nitrogens is 2. The normalized spacial score (nSPS) is 18.9. The number of carbonyl (C=O) groups is 1. The summed E-state index contributed by atoms with van der Waals surface area (Å²) in [6.07, 6.45) is 7.11. The van der Waals surface area contributed by atoms with E-state index in [2.05, 4.69) is 10.2 Å². The second kappa shape index (κ2) is 12.0. The molecule has 1 N–H and O–H groups in total. The smallest absolute Gasteiger partial charge is 0.262 e. The number of hydrogen-bond acceptors (Lipinski definition) is 6. The van der Waals surface area contributed by atoms with Crippen LogP contribution in [0.4, 0.5) is 0 Å². The molecule has 1 amide bonds. The summed E-state index contributed by atoms with van der Waals surface area (Å²) in [5.74, 6) is 0.616. The maximum absolute atomic E-state index is 13.3. The van der Waals surface area contributed by atoms with Crippen LogP contribution < -0.4 is 10.9 Å². The average Bonchev–Trinajstić information content (AvgIpc) is 2.85.